The van der Waals surface area contributed by atoms with E-state index in [4.69, 9.17) is 26.7 Å². The van der Waals surface area contributed by atoms with Gasteiger partial charge in [-0.05, 0) is 50.3 Å². The fourth-order valence-electron chi connectivity index (χ4n) is 3.78. The number of methoxy groups -OCH3 is 2. The molecule has 0 unspecified atom stereocenters. The van der Waals surface area contributed by atoms with Gasteiger partial charge < -0.3 is 24.6 Å². The number of nitrogens with one attached hydrogen (secondary N) is 2. The van der Waals surface area contributed by atoms with Crippen LogP contribution in [0.5, 0.6) is 11.5 Å². The largest absolute Gasteiger partial charge is 0.497 e. The van der Waals surface area contributed by atoms with Crippen molar-refractivity contribution < 1.29 is 9.47 Å². The van der Waals surface area contributed by atoms with Gasteiger partial charge in [-0.2, -0.15) is 4.99 Å². The van der Waals surface area contributed by atoms with Crippen molar-refractivity contribution in [2.24, 2.45) is 4.99 Å². The topological polar surface area (TPSA) is 113 Å². The van der Waals surface area contributed by atoms with E-state index in [0.717, 1.165) is 24.5 Å². The van der Waals surface area contributed by atoms with Gasteiger partial charge in [0, 0.05) is 56.0 Å². The molecule has 36 heavy (non-hydrogen) atoms. The van der Waals surface area contributed by atoms with Crippen molar-refractivity contribution in [3.05, 3.63) is 54.1 Å². The molecule has 3 aromatic rings. The molecule has 1 aliphatic rings. The molecule has 2 N–H and O–H groups in total. The maximum Gasteiger partial charge on any atom is 0.229 e. The number of aromatic nitrogens is 4. The lowest BCUT2D eigenvalue weighted by molar-refractivity contribution is 0.382. The molecule has 1 aromatic carbocycles. The van der Waals surface area contributed by atoms with Crippen molar-refractivity contribution in [2.45, 2.75) is 13.8 Å². The fourth-order valence-corrected chi connectivity index (χ4v) is 3.98. The number of aryl methyl sites for hydroxylation is 2. The predicted molar refractivity (Wildman–Crippen MR) is 144 cm³/mol. The zero-order valence-corrected chi connectivity index (χ0v) is 21.5. The lowest BCUT2D eigenvalue weighted by atomic mass is 10.2. The molecule has 0 aliphatic carbocycles. The Balaban J connectivity index is 1.56. The number of benzene rings is 1. The molecule has 0 atom stereocenters. The highest BCUT2D eigenvalue weighted by Crippen LogP contribution is 2.29. The zero-order valence-electron chi connectivity index (χ0n) is 20.7. The van der Waals surface area contributed by atoms with Gasteiger partial charge in [0.05, 0.1) is 19.9 Å². The Bertz CT molecular complexity index is 1210. The summed E-state index contributed by atoms with van der Waals surface area (Å²) in [4.78, 5) is 26.7. The summed E-state index contributed by atoms with van der Waals surface area (Å²) >= 11 is 5.60. The lowest BCUT2D eigenvalue weighted by Gasteiger charge is -2.36. The van der Waals surface area contributed by atoms with Crippen molar-refractivity contribution in [3.63, 3.8) is 0 Å². The number of ether oxygens (including phenoxy) is 2. The average Bonchev–Trinajstić information content (AvgIpc) is 2.88. The summed E-state index contributed by atoms with van der Waals surface area (Å²) in [5, 5.41) is 6.68. The van der Waals surface area contributed by atoms with E-state index in [-0.39, 0.29) is 5.11 Å². The monoisotopic (exact) mass is 507 g/mol. The van der Waals surface area contributed by atoms with Gasteiger partial charge in [-0.15, -0.1) is 0 Å². The summed E-state index contributed by atoms with van der Waals surface area (Å²) < 4.78 is 10.8. The summed E-state index contributed by atoms with van der Waals surface area (Å²) in [6, 6.07) is 9.16. The molecule has 0 radical (unpaired) electrons. The summed E-state index contributed by atoms with van der Waals surface area (Å²) in [5.41, 5.74) is 2.37. The summed E-state index contributed by atoms with van der Waals surface area (Å²) in [6.45, 7) is 6.66. The maximum absolute atomic E-state index is 5.60. The zero-order chi connectivity index (χ0) is 25.5. The van der Waals surface area contributed by atoms with E-state index in [0.29, 0.717) is 48.1 Å². The lowest BCUT2D eigenvalue weighted by Crippen LogP contribution is -2.51. The first-order chi connectivity index (χ1) is 17.4. The van der Waals surface area contributed by atoms with Crippen LogP contribution >= 0.6 is 12.2 Å². The van der Waals surface area contributed by atoms with Crippen LogP contribution in [0.2, 0.25) is 0 Å². The Hall–Kier alpha value is -4.06. The van der Waals surface area contributed by atoms with E-state index < -0.39 is 0 Å². The van der Waals surface area contributed by atoms with Crippen LogP contribution < -0.4 is 25.0 Å². The van der Waals surface area contributed by atoms with Crippen LogP contribution in [0.15, 0.2) is 47.7 Å². The first-order valence-corrected chi connectivity index (χ1v) is 11.8. The molecule has 2 aromatic heterocycles. The Labute approximate surface area is 215 Å². The Morgan fingerprint density at radius 2 is 1.64 bits per heavy atom. The minimum Gasteiger partial charge on any atom is -0.497 e. The van der Waals surface area contributed by atoms with E-state index in [9.17, 15) is 0 Å². The van der Waals surface area contributed by atoms with Crippen LogP contribution in [-0.2, 0) is 0 Å². The SMILES string of the molecule is COc1ccc(OC)c(NC(=S)/N=C(/Nc2nc(C)cc(C)n2)N2CCN(c3ncccn3)CC2)c1. The van der Waals surface area contributed by atoms with Crippen LogP contribution in [-0.4, -0.2) is 76.3 Å². The van der Waals surface area contributed by atoms with E-state index >= 15 is 0 Å². The van der Waals surface area contributed by atoms with Gasteiger partial charge in [0.1, 0.15) is 11.5 Å². The second kappa shape index (κ2) is 11.6. The summed E-state index contributed by atoms with van der Waals surface area (Å²) in [6.07, 6.45) is 3.50. The first kappa shape index (κ1) is 25.0. The van der Waals surface area contributed by atoms with E-state index in [1.807, 2.05) is 32.0 Å². The third kappa shape index (κ3) is 6.33. The number of aliphatic imine (C=N–C) groups is 1. The minimum absolute atomic E-state index is 0.252. The number of rotatable bonds is 5. The van der Waals surface area contributed by atoms with Gasteiger partial charge in [-0.25, -0.2) is 19.9 Å². The molecule has 1 aliphatic heterocycles. The molecule has 4 rings (SSSR count). The van der Waals surface area contributed by atoms with Crippen LogP contribution in [0.3, 0.4) is 0 Å². The first-order valence-electron chi connectivity index (χ1n) is 11.4. The number of piperazine rings is 1. The number of guanidine groups is 1. The third-order valence-electron chi connectivity index (χ3n) is 5.48. The molecular formula is C24H29N9O2S. The molecule has 1 fully saturated rings. The highest BCUT2D eigenvalue weighted by molar-refractivity contribution is 7.80. The third-order valence-corrected chi connectivity index (χ3v) is 5.67. The molecule has 12 heteroatoms. The van der Waals surface area contributed by atoms with Gasteiger partial charge in [0.2, 0.25) is 23.0 Å². The van der Waals surface area contributed by atoms with Crippen LogP contribution in [0.25, 0.3) is 0 Å². The molecule has 188 valence electrons. The van der Waals surface area contributed by atoms with E-state index in [1.165, 1.54) is 0 Å². The number of hydrogen-bond acceptors (Lipinski definition) is 8. The van der Waals surface area contributed by atoms with Crippen molar-refractivity contribution in [3.8, 4) is 11.5 Å². The van der Waals surface area contributed by atoms with Gasteiger partial charge in [0.25, 0.3) is 0 Å². The van der Waals surface area contributed by atoms with Crippen LogP contribution in [0.1, 0.15) is 11.4 Å². The van der Waals surface area contributed by atoms with Crippen molar-refractivity contribution in [1.29, 1.82) is 0 Å². The van der Waals surface area contributed by atoms with Gasteiger partial charge in [0.15, 0.2) is 0 Å². The number of nitrogens with zero attached hydrogens (tertiary/aromatic N) is 7. The van der Waals surface area contributed by atoms with Crippen molar-refractivity contribution in [1.82, 2.24) is 24.8 Å². The molecular weight excluding hydrogens is 478 g/mol. The Morgan fingerprint density at radius 1 is 0.944 bits per heavy atom. The second-order valence-corrected chi connectivity index (χ2v) is 8.44. The minimum atomic E-state index is 0.252. The van der Waals surface area contributed by atoms with Gasteiger partial charge in [-0.3, -0.25) is 5.32 Å². The normalized spacial score (nSPS) is 13.8. The molecule has 1 saturated heterocycles. The number of anilines is 3. The number of thiocarbonyl (C=S) groups is 1. The maximum atomic E-state index is 5.60. The molecule has 0 spiro atoms. The summed E-state index contributed by atoms with van der Waals surface area (Å²) in [7, 11) is 3.20. The fraction of sp³-hybridized carbons (Fsp3) is 0.333. The number of hydrogen-bond donors (Lipinski definition) is 2. The predicted octanol–water partition coefficient (Wildman–Crippen LogP) is 2.89. The van der Waals surface area contributed by atoms with Crippen LogP contribution in [0, 0.1) is 13.8 Å². The summed E-state index contributed by atoms with van der Waals surface area (Å²) in [5.74, 6) is 3.02. The van der Waals surface area contributed by atoms with Gasteiger partial charge in [-0.1, -0.05) is 0 Å². The molecule has 0 saturated carbocycles. The average molecular weight is 508 g/mol. The second-order valence-electron chi connectivity index (χ2n) is 8.05. The van der Waals surface area contributed by atoms with Gasteiger partial charge >= 0.3 is 0 Å². The van der Waals surface area contributed by atoms with E-state index in [1.54, 1.807) is 38.7 Å². The van der Waals surface area contributed by atoms with Crippen molar-refractivity contribution >= 4 is 40.9 Å². The van der Waals surface area contributed by atoms with E-state index in [2.05, 4.69) is 40.4 Å². The molecule has 0 bridgehead atoms. The molecule has 3 heterocycles. The highest BCUT2D eigenvalue weighted by atomic mass is 32.1. The van der Waals surface area contributed by atoms with Crippen LogP contribution in [0.4, 0.5) is 17.6 Å². The molecule has 11 nitrogen and oxygen atoms in total. The van der Waals surface area contributed by atoms with Crippen molar-refractivity contribution in [2.75, 3.05) is 55.9 Å². The quantitative estimate of drug-likeness (QED) is 0.302. The Morgan fingerprint density at radius 3 is 2.28 bits per heavy atom. The highest BCUT2D eigenvalue weighted by Gasteiger charge is 2.23. The molecule has 0 amide bonds. The smallest absolute Gasteiger partial charge is 0.229 e. The standard InChI is InChI=1S/C24H29N9O2S/c1-16-14-17(2)28-21(27-16)30-23(33-12-10-32(11-13-33)22-25-8-5-9-26-22)31-24(36)29-19-15-18(34-3)6-7-20(19)35-4/h5-9,14-15H,10-13H2,1-4H3,(H2,27,28,29,30,31,36). The Kier molecular flexibility index (Phi) is 8.06.